The second-order valence-corrected chi connectivity index (χ2v) is 5.31. The minimum absolute atomic E-state index is 0.0930. The van der Waals surface area contributed by atoms with E-state index in [1.165, 1.54) is 4.88 Å². The molecule has 0 radical (unpaired) electrons. The Morgan fingerprint density at radius 1 is 1.64 bits per heavy atom. The zero-order valence-corrected chi connectivity index (χ0v) is 9.13. The number of halogens is 1. The molecule has 0 saturated carbocycles. The molecule has 0 amide bonds. The van der Waals surface area contributed by atoms with E-state index in [9.17, 15) is 0 Å². The Kier molecular flexibility index (Phi) is 2.73. The highest BCUT2D eigenvalue weighted by Crippen LogP contribution is 2.22. The van der Waals surface area contributed by atoms with Gasteiger partial charge in [0.05, 0.1) is 0 Å². The number of rotatable bonds is 2. The number of hydrogen-bond acceptors (Lipinski definition) is 2. The summed E-state index contributed by atoms with van der Waals surface area (Å²) in [6.07, 6.45) is 0.948. The van der Waals surface area contributed by atoms with Crippen molar-refractivity contribution < 1.29 is 0 Å². The first-order chi connectivity index (χ1) is 4.97. The van der Waals surface area contributed by atoms with Gasteiger partial charge in [-0.25, -0.2) is 0 Å². The molecule has 1 heterocycles. The third-order valence-electron chi connectivity index (χ3n) is 1.25. The van der Waals surface area contributed by atoms with Crippen LogP contribution in [-0.4, -0.2) is 5.54 Å². The summed E-state index contributed by atoms with van der Waals surface area (Å²) in [5.41, 5.74) is 5.78. The Morgan fingerprint density at radius 3 is 2.64 bits per heavy atom. The van der Waals surface area contributed by atoms with E-state index in [1.807, 2.05) is 13.8 Å². The highest BCUT2D eigenvalue weighted by Gasteiger charge is 2.12. The Balaban J connectivity index is 2.65. The zero-order chi connectivity index (χ0) is 8.48. The second-order valence-electron chi connectivity index (χ2n) is 3.40. The Morgan fingerprint density at radius 2 is 2.27 bits per heavy atom. The maximum Gasteiger partial charge on any atom is 0.0285 e. The van der Waals surface area contributed by atoms with E-state index < -0.39 is 0 Å². The van der Waals surface area contributed by atoms with Crippen LogP contribution in [0.1, 0.15) is 18.7 Å². The first-order valence-corrected chi connectivity index (χ1v) is 5.16. The molecule has 1 nitrogen and oxygen atoms in total. The first kappa shape index (κ1) is 9.23. The van der Waals surface area contributed by atoms with Crippen molar-refractivity contribution in [2.24, 2.45) is 5.73 Å². The van der Waals surface area contributed by atoms with Gasteiger partial charge in [0.2, 0.25) is 0 Å². The van der Waals surface area contributed by atoms with E-state index in [1.54, 1.807) is 11.3 Å². The van der Waals surface area contributed by atoms with E-state index in [2.05, 4.69) is 27.4 Å². The lowest BCUT2D eigenvalue weighted by Crippen LogP contribution is -2.33. The molecule has 0 aliphatic rings. The van der Waals surface area contributed by atoms with Gasteiger partial charge in [0.15, 0.2) is 0 Å². The fraction of sp³-hybridized carbons (Fsp3) is 0.500. The van der Waals surface area contributed by atoms with Gasteiger partial charge in [-0.1, -0.05) is 0 Å². The average Bonchev–Trinajstić information content (AvgIpc) is 2.10. The number of thiophene rings is 1. The van der Waals surface area contributed by atoms with Crippen molar-refractivity contribution in [2.45, 2.75) is 25.8 Å². The molecule has 0 atom stereocenters. The van der Waals surface area contributed by atoms with Gasteiger partial charge in [0.25, 0.3) is 0 Å². The summed E-state index contributed by atoms with van der Waals surface area (Å²) >= 11 is 5.16. The van der Waals surface area contributed by atoms with Gasteiger partial charge in [0, 0.05) is 20.3 Å². The van der Waals surface area contributed by atoms with Crippen molar-refractivity contribution in [3.05, 3.63) is 20.8 Å². The summed E-state index contributed by atoms with van der Waals surface area (Å²) in [6.45, 7) is 4.08. The molecule has 62 valence electrons. The maximum absolute atomic E-state index is 5.87. The first-order valence-electron chi connectivity index (χ1n) is 3.49. The van der Waals surface area contributed by atoms with Crippen LogP contribution >= 0.6 is 27.3 Å². The van der Waals surface area contributed by atoms with Crippen LogP contribution in [0.2, 0.25) is 0 Å². The van der Waals surface area contributed by atoms with E-state index >= 15 is 0 Å². The average molecular weight is 234 g/mol. The molecule has 0 aliphatic heterocycles. The van der Waals surface area contributed by atoms with Crippen LogP contribution in [0.25, 0.3) is 0 Å². The van der Waals surface area contributed by atoms with Crippen LogP contribution in [0.5, 0.6) is 0 Å². The molecular weight excluding hydrogens is 222 g/mol. The van der Waals surface area contributed by atoms with Crippen molar-refractivity contribution in [3.8, 4) is 0 Å². The third kappa shape index (κ3) is 3.36. The predicted molar refractivity (Wildman–Crippen MR) is 54.0 cm³/mol. The summed E-state index contributed by atoms with van der Waals surface area (Å²) in [4.78, 5) is 1.34. The molecule has 3 heteroatoms. The number of hydrogen-bond donors (Lipinski definition) is 1. The van der Waals surface area contributed by atoms with Crippen molar-refractivity contribution >= 4 is 27.3 Å². The molecule has 1 rings (SSSR count). The van der Waals surface area contributed by atoms with Crippen LogP contribution in [0.15, 0.2) is 15.9 Å². The zero-order valence-electron chi connectivity index (χ0n) is 6.73. The molecule has 11 heavy (non-hydrogen) atoms. The molecule has 1 aromatic rings. The van der Waals surface area contributed by atoms with Gasteiger partial charge < -0.3 is 5.73 Å². The lowest BCUT2D eigenvalue weighted by Gasteiger charge is -2.16. The highest BCUT2D eigenvalue weighted by molar-refractivity contribution is 9.10. The van der Waals surface area contributed by atoms with E-state index in [0.717, 1.165) is 10.9 Å². The topological polar surface area (TPSA) is 26.0 Å². The minimum Gasteiger partial charge on any atom is -0.325 e. The van der Waals surface area contributed by atoms with E-state index in [-0.39, 0.29) is 5.54 Å². The molecule has 2 N–H and O–H groups in total. The maximum atomic E-state index is 5.87. The highest BCUT2D eigenvalue weighted by atomic mass is 79.9. The summed E-state index contributed by atoms with van der Waals surface area (Å²) in [5.74, 6) is 0. The quantitative estimate of drug-likeness (QED) is 0.836. The summed E-state index contributed by atoms with van der Waals surface area (Å²) in [5, 5.41) is 2.08. The van der Waals surface area contributed by atoms with Crippen LogP contribution in [0.4, 0.5) is 0 Å². The Labute approximate surface area is 79.7 Å². The smallest absolute Gasteiger partial charge is 0.0285 e. The van der Waals surface area contributed by atoms with Crippen molar-refractivity contribution in [3.63, 3.8) is 0 Å². The molecule has 0 aromatic carbocycles. The molecule has 0 fully saturated rings. The van der Waals surface area contributed by atoms with Crippen LogP contribution < -0.4 is 5.73 Å². The van der Waals surface area contributed by atoms with Crippen LogP contribution in [-0.2, 0) is 6.42 Å². The molecule has 0 unspecified atom stereocenters. The minimum atomic E-state index is -0.0930. The van der Waals surface area contributed by atoms with Gasteiger partial charge in [-0.3, -0.25) is 0 Å². The standard InChI is InChI=1S/C8H12BrNS/c1-8(2,10)4-7-3-6(9)5-11-7/h3,5H,4,10H2,1-2H3. The summed E-state index contributed by atoms with van der Waals surface area (Å²) in [6, 6.07) is 2.12. The normalized spacial score (nSPS) is 12.0. The lowest BCUT2D eigenvalue weighted by molar-refractivity contribution is 0.521. The van der Waals surface area contributed by atoms with Gasteiger partial charge >= 0.3 is 0 Å². The third-order valence-corrected chi connectivity index (χ3v) is 2.95. The molecule has 0 bridgehead atoms. The predicted octanol–water partition coefficient (Wildman–Crippen LogP) is 2.79. The largest absolute Gasteiger partial charge is 0.325 e. The van der Waals surface area contributed by atoms with E-state index in [0.29, 0.717) is 0 Å². The second kappa shape index (κ2) is 3.25. The van der Waals surface area contributed by atoms with E-state index in [4.69, 9.17) is 5.73 Å². The Hall–Kier alpha value is 0.140. The summed E-state index contributed by atoms with van der Waals surface area (Å²) < 4.78 is 1.15. The Bertz CT molecular complexity index is 236. The van der Waals surface area contributed by atoms with Gasteiger partial charge in [-0.15, -0.1) is 11.3 Å². The molecule has 0 saturated heterocycles. The summed E-state index contributed by atoms with van der Waals surface area (Å²) in [7, 11) is 0. The molecule has 0 spiro atoms. The number of nitrogens with two attached hydrogens (primary N) is 1. The fourth-order valence-corrected chi connectivity index (χ4v) is 2.59. The van der Waals surface area contributed by atoms with Crippen molar-refractivity contribution in [1.82, 2.24) is 0 Å². The molecule has 1 aromatic heterocycles. The monoisotopic (exact) mass is 233 g/mol. The van der Waals surface area contributed by atoms with Crippen LogP contribution in [0, 0.1) is 0 Å². The molecule has 0 aliphatic carbocycles. The van der Waals surface area contributed by atoms with Gasteiger partial charge in [-0.05, 0) is 42.3 Å². The van der Waals surface area contributed by atoms with Crippen molar-refractivity contribution in [2.75, 3.05) is 0 Å². The fourth-order valence-electron chi connectivity index (χ4n) is 0.896. The van der Waals surface area contributed by atoms with Gasteiger partial charge in [0.1, 0.15) is 0 Å². The van der Waals surface area contributed by atoms with Gasteiger partial charge in [-0.2, -0.15) is 0 Å². The SMILES string of the molecule is CC(C)(N)Cc1cc(Br)cs1. The molecular formula is C8H12BrNS. The van der Waals surface area contributed by atoms with Crippen molar-refractivity contribution in [1.29, 1.82) is 0 Å². The van der Waals surface area contributed by atoms with Crippen LogP contribution in [0.3, 0.4) is 0 Å². The lowest BCUT2D eigenvalue weighted by atomic mass is 10.0.